The van der Waals surface area contributed by atoms with E-state index in [4.69, 9.17) is 24.8 Å². The van der Waals surface area contributed by atoms with Gasteiger partial charge in [-0.1, -0.05) is 5.11 Å². The predicted octanol–water partition coefficient (Wildman–Crippen LogP) is 0.105. The van der Waals surface area contributed by atoms with Crippen LogP contribution in [0, 0.1) is 0 Å². The Bertz CT molecular complexity index is 370. The van der Waals surface area contributed by atoms with E-state index >= 15 is 0 Å². The number of hydrogen-bond donors (Lipinski definition) is 1. The van der Waals surface area contributed by atoms with Gasteiger partial charge in [0, 0.05) is 11.3 Å². The Morgan fingerprint density at radius 1 is 1.71 bits per heavy atom. The lowest BCUT2D eigenvalue weighted by Crippen LogP contribution is -2.45. The van der Waals surface area contributed by atoms with Gasteiger partial charge in [0.25, 0.3) is 5.79 Å². The number of fused-ring (bicyclic) bond motifs is 2. The van der Waals surface area contributed by atoms with Crippen LogP contribution in [0.2, 0.25) is 0 Å². The van der Waals surface area contributed by atoms with Crippen LogP contribution in [0.3, 0.4) is 0 Å². The molecule has 8 heteroatoms. The topological polar surface area (TPSA) is 114 Å². The first kappa shape index (κ1) is 12.1. The molecule has 17 heavy (non-hydrogen) atoms. The fourth-order valence-electron chi connectivity index (χ4n) is 2.18. The Morgan fingerprint density at radius 2 is 2.47 bits per heavy atom. The molecule has 4 atom stereocenters. The van der Waals surface area contributed by atoms with E-state index in [1.54, 1.807) is 6.92 Å². The predicted molar refractivity (Wildman–Crippen MR) is 53.7 cm³/mol. The summed E-state index contributed by atoms with van der Waals surface area (Å²) in [4.78, 5) is 14.4. The molecule has 1 N–H and O–H groups in total. The monoisotopic (exact) mass is 243 g/mol. The number of carbonyl (C=O) groups is 1. The van der Waals surface area contributed by atoms with Gasteiger partial charge in [-0.15, -0.1) is 0 Å². The minimum atomic E-state index is -1.52. The molecule has 0 saturated carbocycles. The molecule has 2 heterocycles. The molecular weight excluding hydrogens is 230 g/mol. The largest absolute Gasteiger partial charge is 0.462 e. The molecule has 0 aromatic rings. The number of aliphatic hydroxyl groups excluding tert-OH is 1. The smallest absolute Gasteiger partial charge is 0.366 e. The maximum absolute atomic E-state index is 11.7. The van der Waals surface area contributed by atoms with Gasteiger partial charge in [0.2, 0.25) is 0 Å². The number of hydrogen-bond acceptors (Lipinski definition) is 6. The highest BCUT2D eigenvalue weighted by molar-refractivity contribution is 5.79. The van der Waals surface area contributed by atoms with Crippen LogP contribution in [0.5, 0.6) is 0 Å². The molecule has 94 valence electrons. The number of nitrogens with zero attached hydrogens (tertiary/aromatic N) is 3. The molecule has 2 bridgehead atoms. The van der Waals surface area contributed by atoms with Crippen molar-refractivity contribution in [3.05, 3.63) is 10.4 Å². The number of aliphatic hydroxyl groups is 1. The molecule has 0 spiro atoms. The summed E-state index contributed by atoms with van der Waals surface area (Å²) in [5, 5.41) is 12.7. The van der Waals surface area contributed by atoms with Crippen LogP contribution in [-0.4, -0.2) is 48.3 Å². The second-order valence-corrected chi connectivity index (χ2v) is 3.87. The van der Waals surface area contributed by atoms with Gasteiger partial charge in [-0.05, 0) is 12.5 Å². The Balaban J connectivity index is 2.20. The van der Waals surface area contributed by atoms with E-state index < -0.39 is 30.0 Å². The van der Waals surface area contributed by atoms with E-state index in [1.165, 1.54) is 0 Å². The summed E-state index contributed by atoms with van der Waals surface area (Å²) in [6.07, 6.45) is -1.14. The highest BCUT2D eigenvalue weighted by Crippen LogP contribution is 2.44. The summed E-state index contributed by atoms with van der Waals surface area (Å²) in [5.74, 6) is -2.16. The summed E-state index contributed by atoms with van der Waals surface area (Å²) >= 11 is 0. The Labute approximate surface area is 97.1 Å². The first-order valence-electron chi connectivity index (χ1n) is 5.34. The molecule has 0 aromatic heterocycles. The normalized spacial score (nSPS) is 38.8. The first-order valence-corrected chi connectivity index (χ1v) is 5.34. The number of azide groups is 1. The molecule has 0 aromatic carbocycles. The molecule has 0 amide bonds. The molecule has 2 aliphatic rings. The SMILES string of the molecule is CCOC(=O)[C@]12C[C@H](N=[N+]=[N-])[C@H](O1)[C@H](CO)O2. The summed E-state index contributed by atoms with van der Waals surface area (Å²) in [6.45, 7) is 1.57. The first-order chi connectivity index (χ1) is 8.16. The van der Waals surface area contributed by atoms with Gasteiger partial charge in [0.15, 0.2) is 0 Å². The minimum absolute atomic E-state index is 0.122. The van der Waals surface area contributed by atoms with Gasteiger partial charge in [0.1, 0.15) is 6.10 Å². The average Bonchev–Trinajstić information content (AvgIpc) is 2.86. The van der Waals surface area contributed by atoms with E-state index in [0.29, 0.717) is 0 Å². The lowest BCUT2D eigenvalue weighted by atomic mass is 9.99. The third-order valence-corrected chi connectivity index (χ3v) is 2.86. The summed E-state index contributed by atoms with van der Waals surface area (Å²) < 4.78 is 15.6. The van der Waals surface area contributed by atoms with Crippen molar-refractivity contribution in [2.75, 3.05) is 13.2 Å². The summed E-state index contributed by atoms with van der Waals surface area (Å²) in [6, 6.07) is -0.518. The molecular formula is C9H13N3O5. The van der Waals surface area contributed by atoms with Crippen LogP contribution in [-0.2, 0) is 19.0 Å². The zero-order valence-corrected chi connectivity index (χ0v) is 9.28. The van der Waals surface area contributed by atoms with Gasteiger partial charge in [0.05, 0.1) is 25.4 Å². The number of rotatable bonds is 4. The Kier molecular flexibility index (Phi) is 3.21. The maximum atomic E-state index is 11.7. The third-order valence-electron chi connectivity index (χ3n) is 2.86. The molecule has 0 radical (unpaired) electrons. The summed E-state index contributed by atoms with van der Waals surface area (Å²) in [7, 11) is 0. The van der Waals surface area contributed by atoms with Crippen molar-refractivity contribution in [3.8, 4) is 0 Å². The van der Waals surface area contributed by atoms with E-state index in [2.05, 4.69) is 10.0 Å². The number of ether oxygens (including phenoxy) is 3. The quantitative estimate of drug-likeness (QED) is 0.325. The van der Waals surface area contributed by atoms with E-state index in [1.807, 2.05) is 0 Å². The van der Waals surface area contributed by atoms with Crippen molar-refractivity contribution in [2.45, 2.75) is 37.4 Å². The van der Waals surface area contributed by atoms with E-state index in [0.717, 1.165) is 0 Å². The molecule has 2 rings (SSSR count). The minimum Gasteiger partial charge on any atom is -0.462 e. The van der Waals surface area contributed by atoms with Crippen molar-refractivity contribution < 1.29 is 24.1 Å². The number of esters is 1. The zero-order valence-electron chi connectivity index (χ0n) is 9.28. The fourth-order valence-corrected chi connectivity index (χ4v) is 2.18. The standard InChI is InChI=1S/C9H13N3O5/c1-2-15-8(14)9-3-5(11-12-10)7(17-9)6(4-13)16-9/h5-7,13H,2-4H2,1H3/t5-,6-,7-,9-/m0/s1. The van der Waals surface area contributed by atoms with Crippen molar-refractivity contribution >= 4 is 5.97 Å². The second kappa shape index (κ2) is 4.50. The van der Waals surface area contributed by atoms with Crippen LogP contribution < -0.4 is 0 Å². The van der Waals surface area contributed by atoms with Gasteiger partial charge in [-0.2, -0.15) is 0 Å². The van der Waals surface area contributed by atoms with Crippen molar-refractivity contribution in [2.24, 2.45) is 5.11 Å². The van der Waals surface area contributed by atoms with Crippen molar-refractivity contribution in [1.29, 1.82) is 0 Å². The molecule has 0 unspecified atom stereocenters. The highest BCUT2D eigenvalue weighted by Gasteiger charge is 2.63. The van der Waals surface area contributed by atoms with Crippen LogP contribution in [0.4, 0.5) is 0 Å². The molecule has 2 fully saturated rings. The van der Waals surface area contributed by atoms with Gasteiger partial charge in [-0.25, -0.2) is 4.79 Å². The highest BCUT2D eigenvalue weighted by atomic mass is 16.8. The van der Waals surface area contributed by atoms with Gasteiger partial charge >= 0.3 is 5.97 Å². The Hall–Kier alpha value is -1.34. The van der Waals surface area contributed by atoms with Crippen molar-refractivity contribution in [3.63, 3.8) is 0 Å². The fraction of sp³-hybridized carbons (Fsp3) is 0.889. The lowest BCUT2D eigenvalue weighted by molar-refractivity contribution is -0.208. The van der Waals surface area contributed by atoms with E-state index in [9.17, 15) is 4.79 Å². The van der Waals surface area contributed by atoms with Crippen LogP contribution in [0.1, 0.15) is 13.3 Å². The third kappa shape index (κ3) is 1.85. The van der Waals surface area contributed by atoms with Crippen LogP contribution in [0.15, 0.2) is 5.11 Å². The summed E-state index contributed by atoms with van der Waals surface area (Å²) in [5.41, 5.74) is 8.42. The van der Waals surface area contributed by atoms with Crippen molar-refractivity contribution in [1.82, 2.24) is 0 Å². The Morgan fingerprint density at radius 3 is 3.06 bits per heavy atom. The van der Waals surface area contributed by atoms with Gasteiger partial charge < -0.3 is 19.3 Å². The van der Waals surface area contributed by atoms with E-state index in [-0.39, 0.29) is 19.6 Å². The average molecular weight is 243 g/mol. The second-order valence-electron chi connectivity index (χ2n) is 3.87. The lowest BCUT2D eigenvalue weighted by Gasteiger charge is -2.27. The van der Waals surface area contributed by atoms with Crippen LogP contribution in [0.25, 0.3) is 10.4 Å². The molecule has 8 nitrogen and oxygen atoms in total. The molecule has 2 saturated heterocycles. The van der Waals surface area contributed by atoms with Gasteiger partial charge in [-0.3, -0.25) is 0 Å². The zero-order chi connectivity index (χ0) is 12.5. The molecule has 2 aliphatic heterocycles. The maximum Gasteiger partial charge on any atom is 0.366 e. The molecule has 0 aliphatic carbocycles. The number of carbonyl (C=O) groups excluding carboxylic acids is 1. The van der Waals surface area contributed by atoms with Crippen LogP contribution >= 0.6 is 0 Å².